The van der Waals surface area contributed by atoms with Crippen LogP contribution in [0.25, 0.3) is 0 Å². The molecular weight excluding hydrogens is 276 g/mol. The zero-order valence-corrected chi connectivity index (χ0v) is 10.2. The highest BCUT2D eigenvalue weighted by molar-refractivity contribution is 6.35. The highest BCUT2D eigenvalue weighted by Gasteiger charge is 2.27. The minimum Gasteiger partial charge on any atom is -0.299 e. The van der Waals surface area contributed by atoms with Gasteiger partial charge in [-0.3, -0.25) is 4.79 Å². The molecule has 0 saturated carbocycles. The number of benzene rings is 1. The molecular formula is C11H9Cl2F3O. The van der Waals surface area contributed by atoms with Crippen LogP contribution in [0.15, 0.2) is 18.2 Å². The van der Waals surface area contributed by atoms with Gasteiger partial charge in [0, 0.05) is 22.9 Å². The van der Waals surface area contributed by atoms with Gasteiger partial charge < -0.3 is 0 Å². The van der Waals surface area contributed by atoms with Crippen LogP contribution in [0.4, 0.5) is 13.2 Å². The van der Waals surface area contributed by atoms with Gasteiger partial charge in [-0.05, 0) is 17.7 Å². The standard InChI is InChI=1S/C11H9Cl2F3O/c12-8-2-1-7(10(13)6-8)5-9(17)3-4-11(14,15)16/h1-2,6H,3-5H2. The third-order valence-corrected chi connectivity index (χ3v) is 2.68. The number of rotatable bonds is 4. The largest absolute Gasteiger partial charge is 0.389 e. The van der Waals surface area contributed by atoms with E-state index in [0.717, 1.165) is 0 Å². The van der Waals surface area contributed by atoms with Crippen molar-refractivity contribution in [2.45, 2.75) is 25.4 Å². The maximum atomic E-state index is 11.9. The predicted molar refractivity (Wildman–Crippen MR) is 60.5 cm³/mol. The van der Waals surface area contributed by atoms with Crippen molar-refractivity contribution >= 4 is 29.0 Å². The van der Waals surface area contributed by atoms with E-state index in [9.17, 15) is 18.0 Å². The summed E-state index contributed by atoms with van der Waals surface area (Å²) < 4.78 is 35.7. The first-order valence-corrected chi connectivity index (χ1v) is 5.56. The Labute approximate surface area is 107 Å². The molecule has 0 aliphatic carbocycles. The molecule has 1 rings (SSSR count). The highest BCUT2D eigenvalue weighted by atomic mass is 35.5. The molecule has 6 heteroatoms. The number of alkyl halides is 3. The Morgan fingerprint density at radius 2 is 1.88 bits per heavy atom. The van der Waals surface area contributed by atoms with Crippen LogP contribution in [0, 0.1) is 0 Å². The molecule has 1 nitrogen and oxygen atoms in total. The van der Waals surface area contributed by atoms with Gasteiger partial charge in [0.2, 0.25) is 0 Å². The second-order valence-electron chi connectivity index (χ2n) is 3.57. The summed E-state index contributed by atoms with van der Waals surface area (Å²) in [6, 6.07) is 4.53. The summed E-state index contributed by atoms with van der Waals surface area (Å²) in [6.45, 7) is 0. The second kappa shape index (κ2) is 5.74. The fourth-order valence-corrected chi connectivity index (χ4v) is 1.72. The van der Waals surface area contributed by atoms with Crippen molar-refractivity contribution in [2.24, 2.45) is 0 Å². The van der Waals surface area contributed by atoms with E-state index >= 15 is 0 Å². The monoisotopic (exact) mass is 284 g/mol. The van der Waals surface area contributed by atoms with Crippen molar-refractivity contribution in [3.8, 4) is 0 Å². The van der Waals surface area contributed by atoms with Crippen LogP contribution in [0.3, 0.4) is 0 Å². The number of carbonyl (C=O) groups excluding carboxylic acids is 1. The van der Waals surface area contributed by atoms with E-state index in [1.165, 1.54) is 12.1 Å². The smallest absolute Gasteiger partial charge is 0.299 e. The Bertz CT molecular complexity index is 416. The Kier molecular flexibility index (Phi) is 4.83. The number of carbonyl (C=O) groups is 1. The fraction of sp³-hybridized carbons (Fsp3) is 0.364. The number of halogens is 5. The molecule has 0 amide bonds. The molecule has 0 N–H and O–H groups in total. The fourth-order valence-electron chi connectivity index (χ4n) is 1.25. The zero-order valence-electron chi connectivity index (χ0n) is 8.65. The molecule has 0 atom stereocenters. The van der Waals surface area contributed by atoms with E-state index in [0.29, 0.717) is 10.6 Å². The molecule has 0 aliphatic rings. The van der Waals surface area contributed by atoms with E-state index in [1.807, 2.05) is 0 Å². The Morgan fingerprint density at radius 3 is 2.41 bits per heavy atom. The van der Waals surface area contributed by atoms with Crippen LogP contribution >= 0.6 is 23.2 Å². The first kappa shape index (κ1) is 14.3. The van der Waals surface area contributed by atoms with Gasteiger partial charge in [-0.2, -0.15) is 13.2 Å². The van der Waals surface area contributed by atoms with Crippen LogP contribution in [0.5, 0.6) is 0 Å². The minimum atomic E-state index is -4.31. The summed E-state index contributed by atoms with van der Waals surface area (Å²) in [7, 11) is 0. The first-order valence-electron chi connectivity index (χ1n) is 4.80. The number of Topliss-reactive ketones (excluding diaryl/α,β-unsaturated/α-hetero) is 1. The van der Waals surface area contributed by atoms with Crippen LogP contribution in [-0.2, 0) is 11.2 Å². The maximum absolute atomic E-state index is 11.9. The maximum Gasteiger partial charge on any atom is 0.389 e. The third-order valence-electron chi connectivity index (χ3n) is 2.09. The minimum absolute atomic E-state index is 0.105. The average molecular weight is 285 g/mol. The van der Waals surface area contributed by atoms with Crippen LogP contribution in [-0.4, -0.2) is 12.0 Å². The van der Waals surface area contributed by atoms with E-state index in [-0.39, 0.29) is 11.4 Å². The van der Waals surface area contributed by atoms with Crippen LogP contribution < -0.4 is 0 Å². The Hall–Kier alpha value is -0.740. The molecule has 0 aromatic heterocycles. The van der Waals surface area contributed by atoms with Gasteiger partial charge >= 0.3 is 6.18 Å². The van der Waals surface area contributed by atoms with Crippen molar-refractivity contribution in [1.29, 1.82) is 0 Å². The summed E-state index contributed by atoms with van der Waals surface area (Å²) in [4.78, 5) is 11.3. The summed E-state index contributed by atoms with van der Waals surface area (Å²) in [5.41, 5.74) is 0.489. The third kappa shape index (κ3) is 5.41. The van der Waals surface area contributed by atoms with Gasteiger partial charge in [-0.1, -0.05) is 29.3 Å². The molecule has 0 unspecified atom stereocenters. The topological polar surface area (TPSA) is 17.1 Å². The van der Waals surface area contributed by atoms with E-state index < -0.39 is 24.8 Å². The molecule has 0 heterocycles. The lowest BCUT2D eigenvalue weighted by Gasteiger charge is -2.06. The molecule has 0 aliphatic heterocycles. The Morgan fingerprint density at radius 1 is 1.24 bits per heavy atom. The number of hydrogen-bond acceptors (Lipinski definition) is 1. The summed E-state index contributed by atoms with van der Waals surface area (Å²) in [5, 5.41) is 0.708. The quantitative estimate of drug-likeness (QED) is 0.798. The normalized spacial score (nSPS) is 11.6. The molecule has 94 valence electrons. The number of ketones is 1. The number of hydrogen-bond donors (Lipinski definition) is 0. The van der Waals surface area contributed by atoms with E-state index in [4.69, 9.17) is 23.2 Å². The summed E-state index contributed by atoms with van der Waals surface area (Å²) in [6.07, 6.45) is -6.04. The van der Waals surface area contributed by atoms with Crippen LogP contribution in [0.2, 0.25) is 10.0 Å². The highest BCUT2D eigenvalue weighted by Crippen LogP contribution is 2.24. The molecule has 0 saturated heterocycles. The van der Waals surface area contributed by atoms with Crippen LogP contribution in [0.1, 0.15) is 18.4 Å². The molecule has 1 aromatic carbocycles. The summed E-state index contributed by atoms with van der Waals surface area (Å²) >= 11 is 11.5. The van der Waals surface area contributed by atoms with Gasteiger partial charge in [0.05, 0.1) is 6.42 Å². The first-order chi connectivity index (χ1) is 7.78. The zero-order chi connectivity index (χ0) is 13.1. The van der Waals surface area contributed by atoms with Crippen molar-refractivity contribution < 1.29 is 18.0 Å². The van der Waals surface area contributed by atoms with Gasteiger partial charge in [0.25, 0.3) is 0 Å². The second-order valence-corrected chi connectivity index (χ2v) is 4.41. The van der Waals surface area contributed by atoms with Crippen molar-refractivity contribution in [2.75, 3.05) is 0 Å². The lowest BCUT2D eigenvalue weighted by atomic mass is 10.1. The lowest BCUT2D eigenvalue weighted by Crippen LogP contribution is -2.12. The molecule has 17 heavy (non-hydrogen) atoms. The van der Waals surface area contributed by atoms with Gasteiger partial charge in [-0.15, -0.1) is 0 Å². The van der Waals surface area contributed by atoms with Crippen molar-refractivity contribution in [3.63, 3.8) is 0 Å². The summed E-state index contributed by atoms with van der Waals surface area (Å²) in [5.74, 6) is -0.494. The molecule has 0 radical (unpaired) electrons. The Balaban J connectivity index is 2.57. The van der Waals surface area contributed by atoms with Crippen molar-refractivity contribution in [3.05, 3.63) is 33.8 Å². The van der Waals surface area contributed by atoms with Gasteiger partial charge in [0.1, 0.15) is 5.78 Å². The van der Waals surface area contributed by atoms with E-state index in [2.05, 4.69) is 0 Å². The SMILES string of the molecule is O=C(CCC(F)(F)F)Cc1ccc(Cl)cc1Cl. The average Bonchev–Trinajstić information content (AvgIpc) is 2.18. The van der Waals surface area contributed by atoms with Crippen molar-refractivity contribution in [1.82, 2.24) is 0 Å². The molecule has 0 fully saturated rings. The lowest BCUT2D eigenvalue weighted by molar-refractivity contribution is -0.143. The predicted octanol–water partition coefficient (Wildman–Crippen LogP) is 4.45. The van der Waals surface area contributed by atoms with Gasteiger partial charge in [-0.25, -0.2) is 0 Å². The van der Waals surface area contributed by atoms with Gasteiger partial charge in [0.15, 0.2) is 0 Å². The molecule has 1 aromatic rings. The molecule has 0 spiro atoms. The van der Waals surface area contributed by atoms with E-state index in [1.54, 1.807) is 6.07 Å². The molecule has 0 bridgehead atoms.